The van der Waals surface area contributed by atoms with Crippen LogP contribution in [0.3, 0.4) is 0 Å². The van der Waals surface area contributed by atoms with Crippen molar-refractivity contribution in [3.05, 3.63) is 35.9 Å². The molecule has 0 atom stereocenters. The number of H-pyrrole nitrogens is 1. The number of nitrogens with one attached hydrogen (secondary N) is 1. The summed E-state index contributed by atoms with van der Waals surface area (Å²) in [5.41, 5.74) is 3.00. The Hall–Kier alpha value is -2.16. The summed E-state index contributed by atoms with van der Waals surface area (Å²) in [5.74, 6) is 0.839. The Morgan fingerprint density at radius 1 is 0.944 bits per heavy atom. The standard InChI is InChI=1S/C15H15NO2/c1-8(2)12-5-10(18)6-13-11-4-3-9(17)7-14(11)16-15(12)13/h3-8,16-18H,1-2H3. The highest BCUT2D eigenvalue weighted by atomic mass is 16.3. The topological polar surface area (TPSA) is 56.2 Å². The zero-order chi connectivity index (χ0) is 12.9. The number of hydrogen-bond acceptors (Lipinski definition) is 2. The molecule has 1 aromatic heterocycles. The Bertz CT molecular complexity index is 741. The molecule has 0 aliphatic heterocycles. The monoisotopic (exact) mass is 241 g/mol. The zero-order valence-electron chi connectivity index (χ0n) is 10.4. The Morgan fingerprint density at radius 2 is 1.72 bits per heavy atom. The molecule has 0 saturated carbocycles. The maximum absolute atomic E-state index is 9.83. The van der Waals surface area contributed by atoms with Gasteiger partial charge in [-0.15, -0.1) is 0 Å². The van der Waals surface area contributed by atoms with E-state index < -0.39 is 0 Å². The predicted octanol–water partition coefficient (Wildman–Crippen LogP) is 3.86. The van der Waals surface area contributed by atoms with Crippen molar-refractivity contribution < 1.29 is 10.2 Å². The van der Waals surface area contributed by atoms with Gasteiger partial charge in [0.15, 0.2) is 0 Å². The van der Waals surface area contributed by atoms with Gasteiger partial charge < -0.3 is 15.2 Å². The highest BCUT2D eigenvalue weighted by molar-refractivity contribution is 6.09. The highest BCUT2D eigenvalue weighted by Crippen LogP contribution is 2.35. The molecule has 0 aliphatic carbocycles. The highest BCUT2D eigenvalue weighted by Gasteiger charge is 2.12. The first kappa shape index (κ1) is 11.0. The van der Waals surface area contributed by atoms with E-state index in [0.717, 1.165) is 27.4 Å². The van der Waals surface area contributed by atoms with Gasteiger partial charge in [-0.25, -0.2) is 0 Å². The fourth-order valence-corrected chi connectivity index (χ4v) is 2.46. The van der Waals surface area contributed by atoms with Crippen LogP contribution < -0.4 is 0 Å². The fraction of sp³-hybridized carbons (Fsp3) is 0.200. The number of hydrogen-bond donors (Lipinski definition) is 3. The van der Waals surface area contributed by atoms with E-state index in [1.807, 2.05) is 6.07 Å². The van der Waals surface area contributed by atoms with Crippen LogP contribution in [0.4, 0.5) is 0 Å². The minimum atomic E-state index is 0.240. The number of phenolic OH excluding ortho intramolecular Hbond substituents is 2. The average Bonchev–Trinajstić information content (AvgIpc) is 2.65. The third-order valence-electron chi connectivity index (χ3n) is 3.33. The molecule has 3 rings (SSSR count). The summed E-state index contributed by atoms with van der Waals surface area (Å²) in [7, 11) is 0. The molecule has 3 aromatic rings. The third-order valence-corrected chi connectivity index (χ3v) is 3.33. The van der Waals surface area contributed by atoms with Crippen LogP contribution in [-0.2, 0) is 0 Å². The number of aromatic nitrogens is 1. The predicted molar refractivity (Wildman–Crippen MR) is 73.2 cm³/mol. The van der Waals surface area contributed by atoms with Gasteiger partial charge in [-0.1, -0.05) is 13.8 Å². The van der Waals surface area contributed by atoms with Gasteiger partial charge in [0.1, 0.15) is 11.5 Å². The summed E-state index contributed by atoms with van der Waals surface area (Å²) in [6.07, 6.45) is 0. The van der Waals surface area contributed by atoms with Crippen molar-refractivity contribution >= 4 is 21.8 Å². The van der Waals surface area contributed by atoms with Gasteiger partial charge in [0.2, 0.25) is 0 Å². The summed E-state index contributed by atoms with van der Waals surface area (Å²) in [6.45, 7) is 4.19. The maximum Gasteiger partial charge on any atom is 0.117 e. The van der Waals surface area contributed by atoms with Crippen molar-refractivity contribution in [2.24, 2.45) is 0 Å². The summed E-state index contributed by atoms with van der Waals surface area (Å²) < 4.78 is 0. The molecular formula is C15H15NO2. The second kappa shape index (κ2) is 3.67. The molecule has 3 nitrogen and oxygen atoms in total. The Morgan fingerprint density at radius 3 is 2.44 bits per heavy atom. The molecule has 0 unspecified atom stereocenters. The first-order chi connectivity index (χ1) is 8.56. The summed E-state index contributed by atoms with van der Waals surface area (Å²) in [4.78, 5) is 3.32. The lowest BCUT2D eigenvalue weighted by Gasteiger charge is -2.07. The maximum atomic E-state index is 9.83. The van der Waals surface area contributed by atoms with Crippen LogP contribution in [0.15, 0.2) is 30.3 Å². The number of benzene rings is 2. The SMILES string of the molecule is CC(C)c1cc(O)cc2c1[nH]c1cc(O)ccc12. The van der Waals surface area contributed by atoms with E-state index in [-0.39, 0.29) is 11.5 Å². The Labute approximate surface area is 105 Å². The lowest BCUT2D eigenvalue weighted by atomic mass is 9.99. The van der Waals surface area contributed by atoms with Crippen molar-refractivity contribution in [2.45, 2.75) is 19.8 Å². The molecular weight excluding hydrogens is 226 g/mol. The van der Waals surface area contributed by atoms with E-state index in [1.165, 1.54) is 0 Å². The van der Waals surface area contributed by atoms with Crippen LogP contribution >= 0.6 is 0 Å². The number of phenols is 2. The minimum absolute atomic E-state index is 0.240. The van der Waals surface area contributed by atoms with E-state index >= 15 is 0 Å². The van der Waals surface area contributed by atoms with E-state index in [4.69, 9.17) is 0 Å². The number of aromatic hydroxyl groups is 2. The van der Waals surface area contributed by atoms with Crippen LogP contribution in [0.5, 0.6) is 11.5 Å². The molecule has 2 aromatic carbocycles. The van der Waals surface area contributed by atoms with Crippen molar-refractivity contribution in [2.75, 3.05) is 0 Å². The van der Waals surface area contributed by atoms with Crippen molar-refractivity contribution in [1.29, 1.82) is 0 Å². The van der Waals surface area contributed by atoms with Crippen LogP contribution in [0.2, 0.25) is 0 Å². The van der Waals surface area contributed by atoms with Crippen molar-refractivity contribution in [3.8, 4) is 11.5 Å². The second-order valence-corrected chi connectivity index (χ2v) is 4.97. The first-order valence-corrected chi connectivity index (χ1v) is 6.03. The molecule has 0 aliphatic rings. The van der Waals surface area contributed by atoms with Gasteiger partial charge in [0.05, 0.1) is 11.0 Å². The summed E-state index contributed by atoms with van der Waals surface area (Å²) in [6, 6.07) is 8.79. The molecule has 92 valence electrons. The molecule has 3 heteroatoms. The summed E-state index contributed by atoms with van der Waals surface area (Å²) >= 11 is 0. The molecule has 18 heavy (non-hydrogen) atoms. The Kier molecular flexibility index (Phi) is 2.23. The van der Waals surface area contributed by atoms with E-state index in [9.17, 15) is 10.2 Å². The lowest BCUT2D eigenvalue weighted by molar-refractivity contribution is 0.475. The number of fused-ring (bicyclic) bond motifs is 3. The van der Waals surface area contributed by atoms with Gasteiger partial charge in [-0.05, 0) is 35.7 Å². The smallest absolute Gasteiger partial charge is 0.117 e. The summed E-state index contributed by atoms with van der Waals surface area (Å²) in [5, 5.41) is 21.4. The minimum Gasteiger partial charge on any atom is -0.508 e. The molecule has 0 saturated heterocycles. The van der Waals surface area contributed by atoms with Crippen LogP contribution in [0.1, 0.15) is 25.3 Å². The second-order valence-electron chi connectivity index (χ2n) is 4.97. The third kappa shape index (κ3) is 1.51. The molecule has 0 spiro atoms. The normalized spacial score (nSPS) is 11.7. The molecule has 0 amide bonds. The number of aromatic amines is 1. The molecule has 3 N–H and O–H groups in total. The van der Waals surface area contributed by atoms with Gasteiger partial charge in [-0.3, -0.25) is 0 Å². The van der Waals surface area contributed by atoms with Crippen molar-refractivity contribution in [1.82, 2.24) is 4.98 Å². The van der Waals surface area contributed by atoms with Crippen molar-refractivity contribution in [3.63, 3.8) is 0 Å². The van der Waals surface area contributed by atoms with Gasteiger partial charge in [-0.2, -0.15) is 0 Å². The quantitative estimate of drug-likeness (QED) is 0.606. The fourth-order valence-electron chi connectivity index (χ4n) is 2.46. The average molecular weight is 241 g/mol. The van der Waals surface area contributed by atoms with E-state index in [2.05, 4.69) is 18.8 Å². The van der Waals surface area contributed by atoms with E-state index in [0.29, 0.717) is 5.92 Å². The Balaban J connectivity index is 2.49. The lowest BCUT2D eigenvalue weighted by Crippen LogP contribution is -1.88. The van der Waals surface area contributed by atoms with Crippen LogP contribution in [-0.4, -0.2) is 15.2 Å². The zero-order valence-corrected chi connectivity index (χ0v) is 10.4. The van der Waals surface area contributed by atoms with Gasteiger partial charge in [0, 0.05) is 16.8 Å². The van der Waals surface area contributed by atoms with E-state index in [1.54, 1.807) is 24.3 Å². The number of rotatable bonds is 1. The molecule has 0 fully saturated rings. The van der Waals surface area contributed by atoms with Crippen LogP contribution in [0.25, 0.3) is 21.8 Å². The first-order valence-electron chi connectivity index (χ1n) is 6.03. The van der Waals surface area contributed by atoms with Gasteiger partial charge in [0.25, 0.3) is 0 Å². The molecule has 1 heterocycles. The molecule has 0 bridgehead atoms. The van der Waals surface area contributed by atoms with Crippen LogP contribution in [0, 0.1) is 0 Å². The van der Waals surface area contributed by atoms with Gasteiger partial charge >= 0.3 is 0 Å². The molecule has 0 radical (unpaired) electrons. The largest absolute Gasteiger partial charge is 0.508 e.